The fourth-order valence-electron chi connectivity index (χ4n) is 3.75. The predicted molar refractivity (Wildman–Crippen MR) is 133 cm³/mol. The lowest BCUT2D eigenvalue weighted by Gasteiger charge is -2.18. The number of hydrogen-bond donors (Lipinski definition) is 1. The number of likely N-dealkylation sites (N-methyl/N-ethyl adjacent to an activating group) is 1. The molecular weight excluding hydrogens is 485 g/mol. The Kier molecular flexibility index (Phi) is 7.98. The van der Waals surface area contributed by atoms with Gasteiger partial charge in [-0.2, -0.15) is 13.2 Å². The normalized spacial score (nSPS) is 11.5. The van der Waals surface area contributed by atoms with Gasteiger partial charge in [-0.25, -0.2) is 9.97 Å². The van der Waals surface area contributed by atoms with Gasteiger partial charge in [0.05, 0.1) is 17.5 Å². The van der Waals surface area contributed by atoms with Crippen molar-refractivity contribution >= 4 is 22.4 Å². The third kappa shape index (κ3) is 6.79. The molecule has 2 aromatic carbocycles. The number of benzene rings is 2. The number of hydrogen-bond acceptors (Lipinski definition) is 7. The number of fused-ring (bicyclic) bond motifs is 1. The Bertz CT molecular complexity index is 1360. The largest absolute Gasteiger partial charge is 0.438 e. The molecule has 0 spiro atoms. The molecule has 0 aliphatic rings. The van der Waals surface area contributed by atoms with E-state index in [4.69, 9.17) is 9.84 Å². The number of carbonyl (C=O) groups excluding carboxylic acids is 1. The van der Waals surface area contributed by atoms with E-state index >= 15 is 0 Å². The predicted octanol–water partition coefficient (Wildman–Crippen LogP) is 5.01. The van der Waals surface area contributed by atoms with Crippen molar-refractivity contribution < 1.29 is 27.8 Å². The molecule has 4 aromatic rings. The SMILES string of the molecule is CN(CCO)c1ccc2c(Oc3ccc(CC(=O)CCc4ccc(C(F)(F)F)nc4)cc3)ncnc2c1. The molecule has 10 heteroatoms. The second kappa shape index (κ2) is 11.3. The van der Waals surface area contributed by atoms with Gasteiger partial charge in [-0.1, -0.05) is 18.2 Å². The van der Waals surface area contributed by atoms with Gasteiger partial charge < -0.3 is 14.7 Å². The van der Waals surface area contributed by atoms with Gasteiger partial charge in [0.2, 0.25) is 5.88 Å². The first-order valence-electron chi connectivity index (χ1n) is 11.6. The summed E-state index contributed by atoms with van der Waals surface area (Å²) in [7, 11) is 1.88. The molecule has 0 saturated heterocycles. The molecule has 2 aromatic heterocycles. The zero-order chi connectivity index (χ0) is 26.4. The van der Waals surface area contributed by atoms with Crippen LogP contribution in [0.4, 0.5) is 18.9 Å². The maximum Gasteiger partial charge on any atom is 0.433 e. The highest BCUT2D eigenvalue weighted by Gasteiger charge is 2.32. The van der Waals surface area contributed by atoms with E-state index in [2.05, 4.69) is 15.0 Å². The lowest BCUT2D eigenvalue weighted by atomic mass is 10.0. The van der Waals surface area contributed by atoms with Crippen LogP contribution in [0.2, 0.25) is 0 Å². The fraction of sp³-hybridized carbons (Fsp3) is 0.259. The number of aliphatic hydroxyl groups is 1. The zero-order valence-corrected chi connectivity index (χ0v) is 20.1. The van der Waals surface area contributed by atoms with E-state index in [0.29, 0.717) is 35.7 Å². The minimum atomic E-state index is -4.48. The van der Waals surface area contributed by atoms with Crippen molar-refractivity contribution in [2.24, 2.45) is 0 Å². The molecule has 4 rings (SSSR count). The number of carbonyl (C=O) groups is 1. The minimum absolute atomic E-state index is 0.0302. The second-order valence-electron chi connectivity index (χ2n) is 8.54. The van der Waals surface area contributed by atoms with Crippen molar-refractivity contribution in [1.82, 2.24) is 15.0 Å². The van der Waals surface area contributed by atoms with Crippen LogP contribution in [-0.4, -0.2) is 46.0 Å². The van der Waals surface area contributed by atoms with Crippen LogP contribution < -0.4 is 9.64 Å². The van der Waals surface area contributed by atoms with Crippen molar-refractivity contribution in [1.29, 1.82) is 0 Å². The summed E-state index contributed by atoms with van der Waals surface area (Å²) in [6.07, 6.45) is -1.17. The van der Waals surface area contributed by atoms with Gasteiger partial charge in [0.25, 0.3) is 0 Å². The topological polar surface area (TPSA) is 88.4 Å². The average Bonchev–Trinajstić information content (AvgIpc) is 2.88. The van der Waals surface area contributed by atoms with Crippen LogP contribution in [0.5, 0.6) is 11.6 Å². The number of halogens is 3. The van der Waals surface area contributed by atoms with Gasteiger partial charge >= 0.3 is 6.18 Å². The number of ketones is 1. The number of Topliss-reactive ketones (excluding diaryl/α,β-unsaturated/α-hetero) is 1. The monoisotopic (exact) mass is 510 g/mol. The third-order valence-corrected chi connectivity index (χ3v) is 5.81. The lowest BCUT2D eigenvalue weighted by Crippen LogP contribution is -2.20. The number of aromatic nitrogens is 3. The van der Waals surface area contributed by atoms with Crippen LogP contribution in [0.1, 0.15) is 23.2 Å². The van der Waals surface area contributed by atoms with Gasteiger partial charge in [0.1, 0.15) is 23.6 Å². The first kappa shape index (κ1) is 26.0. The Labute approximate surface area is 211 Å². The summed E-state index contributed by atoms with van der Waals surface area (Å²) in [6.45, 7) is 0.548. The standard InChI is InChI=1S/C27H25F3N4O3/c1-34(12-13-35)20-6-10-23-24(15-20)32-17-33-26(23)37-22-8-3-18(4-9-22)14-21(36)7-2-19-5-11-25(31-16-19)27(28,29)30/h3-6,8-11,15-17,35H,2,7,12-14H2,1H3. The Morgan fingerprint density at radius 3 is 2.43 bits per heavy atom. The second-order valence-corrected chi connectivity index (χ2v) is 8.54. The maximum absolute atomic E-state index is 12.6. The van der Waals surface area contributed by atoms with Crippen LogP contribution >= 0.6 is 0 Å². The van der Waals surface area contributed by atoms with Crippen LogP contribution in [0.25, 0.3) is 10.9 Å². The number of aryl methyl sites for hydroxylation is 1. The highest BCUT2D eigenvalue weighted by Crippen LogP contribution is 2.30. The first-order valence-corrected chi connectivity index (χ1v) is 11.6. The number of pyridine rings is 1. The quantitative estimate of drug-likeness (QED) is 0.321. The summed E-state index contributed by atoms with van der Waals surface area (Å²) in [5, 5.41) is 9.89. The summed E-state index contributed by atoms with van der Waals surface area (Å²) in [4.78, 5) is 26.3. The van der Waals surface area contributed by atoms with Crippen molar-refractivity contribution in [2.75, 3.05) is 25.1 Å². The molecule has 7 nitrogen and oxygen atoms in total. The van der Waals surface area contributed by atoms with Crippen LogP contribution in [0.3, 0.4) is 0 Å². The number of nitrogens with zero attached hydrogens (tertiary/aromatic N) is 4. The highest BCUT2D eigenvalue weighted by atomic mass is 19.4. The number of anilines is 1. The smallest absolute Gasteiger partial charge is 0.433 e. The molecule has 37 heavy (non-hydrogen) atoms. The van der Waals surface area contributed by atoms with E-state index in [1.165, 1.54) is 12.4 Å². The number of rotatable bonds is 10. The van der Waals surface area contributed by atoms with E-state index < -0.39 is 11.9 Å². The summed E-state index contributed by atoms with van der Waals surface area (Å²) in [6, 6.07) is 15.0. The van der Waals surface area contributed by atoms with Gasteiger partial charge in [-0.05, 0) is 53.9 Å². The molecule has 0 bridgehead atoms. The summed E-state index contributed by atoms with van der Waals surface area (Å²) < 4.78 is 43.8. The van der Waals surface area contributed by atoms with Crippen molar-refractivity contribution in [3.63, 3.8) is 0 Å². The summed E-state index contributed by atoms with van der Waals surface area (Å²) >= 11 is 0. The van der Waals surface area contributed by atoms with Crippen molar-refractivity contribution in [3.8, 4) is 11.6 Å². The van der Waals surface area contributed by atoms with Gasteiger partial charge in [0, 0.05) is 38.3 Å². The molecule has 0 radical (unpaired) electrons. The van der Waals surface area contributed by atoms with Crippen molar-refractivity contribution in [3.05, 3.63) is 83.9 Å². The molecule has 0 atom stereocenters. The molecule has 0 fully saturated rings. The Hall–Kier alpha value is -4.05. The Balaban J connectivity index is 1.35. The fourth-order valence-corrected chi connectivity index (χ4v) is 3.75. The minimum Gasteiger partial charge on any atom is -0.438 e. The van der Waals surface area contributed by atoms with Crippen LogP contribution in [0.15, 0.2) is 67.1 Å². The first-order chi connectivity index (χ1) is 17.7. The Morgan fingerprint density at radius 1 is 1.00 bits per heavy atom. The maximum atomic E-state index is 12.6. The number of alkyl halides is 3. The van der Waals surface area contributed by atoms with E-state index in [-0.39, 0.29) is 25.2 Å². The Morgan fingerprint density at radius 2 is 1.76 bits per heavy atom. The summed E-state index contributed by atoms with van der Waals surface area (Å²) in [5.74, 6) is 0.918. The zero-order valence-electron chi connectivity index (χ0n) is 20.1. The molecule has 0 aliphatic heterocycles. The number of aliphatic hydroxyl groups excluding tert-OH is 1. The molecule has 1 N–H and O–H groups in total. The van der Waals surface area contributed by atoms with Crippen LogP contribution in [0, 0.1) is 0 Å². The van der Waals surface area contributed by atoms with Gasteiger partial charge in [-0.3, -0.25) is 9.78 Å². The van der Waals surface area contributed by atoms with E-state index in [9.17, 15) is 18.0 Å². The molecule has 192 valence electrons. The average molecular weight is 511 g/mol. The third-order valence-electron chi connectivity index (χ3n) is 5.81. The van der Waals surface area contributed by atoms with Gasteiger partial charge in [0.15, 0.2) is 0 Å². The number of ether oxygens (including phenoxy) is 1. The molecule has 0 amide bonds. The van der Waals surface area contributed by atoms with E-state index in [0.717, 1.165) is 28.9 Å². The lowest BCUT2D eigenvalue weighted by molar-refractivity contribution is -0.141. The van der Waals surface area contributed by atoms with E-state index in [1.54, 1.807) is 24.3 Å². The van der Waals surface area contributed by atoms with Gasteiger partial charge in [-0.15, -0.1) is 0 Å². The molecular formula is C27H25F3N4O3. The molecule has 0 unspecified atom stereocenters. The molecule has 0 saturated carbocycles. The molecule has 0 aliphatic carbocycles. The highest BCUT2D eigenvalue weighted by molar-refractivity contribution is 5.86. The summed E-state index contributed by atoms with van der Waals surface area (Å²) in [5.41, 5.74) is 2.05. The molecule has 2 heterocycles. The van der Waals surface area contributed by atoms with E-state index in [1.807, 2.05) is 30.1 Å². The van der Waals surface area contributed by atoms with Crippen molar-refractivity contribution in [2.45, 2.75) is 25.4 Å². The van der Waals surface area contributed by atoms with Crippen LogP contribution in [-0.2, 0) is 23.8 Å².